The molecule has 0 unspecified atom stereocenters. The number of hydrogen-bond acceptors (Lipinski definition) is 6. The van der Waals surface area contributed by atoms with Crippen molar-refractivity contribution in [2.75, 3.05) is 7.11 Å². The molecule has 0 radical (unpaired) electrons. The predicted molar refractivity (Wildman–Crippen MR) is 139 cm³/mol. The number of nitrogens with zero attached hydrogens (tertiary/aromatic N) is 3. The van der Waals surface area contributed by atoms with E-state index < -0.39 is 12.1 Å². The Labute approximate surface area is 207 Å². The number of benzene rings is 3. The Bertz CT molecular complexity index is 1510. The van der Waals surface area contributed by atoms with Gasteiger partial charge in [0.2, 0.25) is 0 Å². The minimum Gasteiger partial charge on any atom is -0.493 e. The minimum absolute atomic E-state index is 0.302. The number of carboxylic acids is 1. The van der Waals surface area contributed by atoms with Crippen LogP contribution in [0.3, 0.4) is 0 Å². The van der Waals surface area contributed by atoms with E-state index in [9.17, 15) is 14.7 Å². The third kappa shape index (κ3) is 5.02. The second kappa shape index (κ2) is 10.7. The molecule has 1 atom stereocenters. The Hall–Kier alpha value is -4.72. The van der Waals surface area contributed by atoms with Crippen LogP contribution in [0.4, 0.5) is 0 Å². The average molecular weight is 484 g/mol. The molecule has 8 nitrogen and oxygen atoms in total. The van der Waals surface area contributed by atoms with Crippen molar-refractivity contribution in [1.82, 2.24) is 9.66 Å². The summed E-state index contributed by atoms with van der Waals surface area (Å²) in [6, 6.07) is 19.9. The first kappa shape index (κ1) is 24.4. The van der Waals surface area contributed by atoms with Gasteiger partial charge in [0.25, 0.3) is 5.56 Å². The summed E-state index contributed by atoms with van der Waals surface area (Å²) in [4.78, 5) is 29.4. The van der Waals surface area contributed by atoms with Crippen LogP contribution in [-0.2, 0) is 11.2 Å². The Morgan fingerprint density at radius 1 is 1.17 bits per heavy atom. The zero-order valence-corrected chi connectivity index (χ0v) is 19.9. The maximum absolute atomic E-state index is 13.4. The summed E-state index contributed by atoms with van der Waals surface area (Å²) in [5.74, 6) is -0.0249. The number of aromatic nitrogens is 2. The second-order valence-corrected chi connectivity index (χ2v) is 7.98. The van der Waals surface area contributed by atoms with Gasteiger partial charge < -0.3 is 14.6 Å². The van der Waals surface area contributed by atoms with Gasteiger partial charge >= 0.3 is 5.97 Å². The van der Waals surface area contributed by atoms with Crippen molar-refractivity contribution in [3.05, 3.63) is 101 Å². The zero-order chi connectivity index (χ0) is 25.7. The minimum atomic E-state index is -1.09. The molecule has 4 rings (SSSR count). The molecule has 0 aliphatic carbocycles. The van der Waals surface area contributed by atoms with Crippen molar-refractivity contribution in [3.8, 4) is 22.9 Å². The number of carboxylic acid groups (broad SMARTS) is 1. The van der Waals surface area contributed by atoms with Crippen LogP contribution < -0.4 is 15.0 Å². The SMILES string of the molecule is C=CCc1cc(C=Nn2c(-c3ccccc3)nc3ccccc3c2=O)cc(OC)c1O[C@@H](C)C(=O)O. The molecule has 3 aromatic carbocycles. The van der Waals surface area contributed by atoms with E-state index in [2.05, 4.69) is 11.7 Å². The highest BCUT2D eigenvalue weighted by Crippen LogP contribution is 2.34. The van der Waals surface area contributed by atoms with Crippen LogP contribution in [0.5, 0.6) is 11.5 Å². The fraction of sp³-hybridized carbons (Fsp3) is 0.143. The highest BCUT2D eigenvalue weighted by molar-refractivity contribution is 5.83. The van der Waals surface area contributed by atoms with Crippen molar-refractivity contribution < 1.29 is 19.4 Å². The number of aliphatic carboxylic acids is 1. The molecular formula is C28H25N3O5. The molecule has 8 heteroatoms. The summed E-state index contributed by atoms with van der Waals surface area (Å²) < 4.78 is 12.4. The lowest BCUT2D eigenvalue weighted by Crippen LogP contribution is -2.23. The molecule has 0 aliphatic rings. The third-order valence-corrected chi connectivity index (χ3v) is 5.49. The number of hydrogen-bond donors (Lipinski definition) is 1. The number of allylic oxidation sites excluding steroid dienone is 1. The Kier molecular flexibility index (Phi) is 7.25. The van der Waals surface area contributed by atoms with Gasteiger partial charge in [-0.3, -0.25) is 4.79 Å². The van der Waals surface area contributed by atoms with Crippen LogP contribution in [0, 0.1) is 0 Å². The number of rotatable bonds is 9. The first-order valence-corrected chi connectivity index (χ1v) is 11.3. The third-order valence-electron chi connectivity index (χ3n) is 5.49. The molecule has 1 N–H and O–H groups in total. The molecule has 1 aromatic heterocycles. The summed E-state index contributed by atoms with van der Waals surface area (Å²) in [6.45, 7) is 5.22. The molecule has 0 fully saturated rings. The van der Waals surface area contributed by atoms with Crippen molar-refractivity contribution in [3.63, 3.8) is 0 Å². The van der Waals surface area contributed by atoms with Gasteiger partial charge in [-0.15, -0.1) is 6.58 Å². The fourth-order valence-electron chi connectivity index (χ4n) is 3.71. The standard InChI is InChI=1S/C28H25N3O5/c1-4-10-21-15-19(16-24(35-3)25(21)36-18(2)28(33)34)17-29-31-26(20-11-6-5-7-12-20)30-23-14-9-8-13-22(23)27(31)32/h4-9,11-18H,1,10H2,2-3H3,(H,33,34)/t18-/m0/s1. The van der Waals surface area contributed by atoms with Crippen LogP contribution >= 0.6 is 0 Å². The number of ether oxygens (including phenoxy) is 2. The summed E-state index contributed by atoms with van der Waals surface area (Å²) in [5.41, 5.74) is 2.32. The highest BCUT2D eigenvalue weighted by atomic mass is 16.5. The van der Waals surface area contributed by atoms with E-state index in [0.717, 1.165) is 5.56 Å². The number of methoxy groups -OCH3 is 1. The summed E-state index contributed by atoms with van der Waals surface area (Å²) in [6.07, 6.45) is 2.55. The maximum atomic E-state index is 13.4. The highest BCUT2D eigenvalue weighted by Gasteiger charge is 2.19. The number of fused-ring (bicyclic) bond motifs is 1. The molecule has 0 saturated heterocycles. The smallest absolute Gasteiger partial charge is 0.344 e. The van der Waals surface area contributed by atoms with Crippen molar-refractivity contribution in [1.29, 1.82) is 0 Å². The number of para-hydroxylation sites is 1. The Morgan fingerprint density at radius 2 is 1.89 bits per heavy atom. The van der Waals surface area contributed by atoms with Crippen molar-refractivity contribution >= 4 is 23.1 Å². The van der Waals surface area contributed by atoms with Crippen LogP contribution in [0.15, 0.2) is 89.3 Å². The largest absolute Gasteiger partial charge is 0.493 e. The van der Waals surface area contributed by atoms with Gasteiger partial charge in [-0.1, -0.05) is 48.5 Å². The molecule has 36 heavy (non-hydrogen) atoms. The lowest BCUT2D eigenvalue weighted by molar-refractivity contribution is -0.144. The van der Waals surface area contributed by atoms with Crippen LogP contribution in [-0.4, -0.2) is 40.2 Å². The molecule has 1 heterocycles. The first-order valence-electron chi connectivity index (χ1n) is 11.3. The average Bonchev–Trinajstić information content (AvgIpc) is 2.89. The molecule has 0 amide bonds. The monoisotopic (exact) mass is 483 g/mol. The van der Waals surface area contributed by atoms with Gasteiger partial charge in [0.05, 0.1) is 24.2 Å². The van der Waals surface area contributed by atoms with E-state index >= 15 is 0 Å². The van der Waals surface area contributed by atoms with E-state index in [0.29, 0.717) is 45.8 Å². The van der Waals surface area contributed by atoms with Crippen LogP contribution in [0.1, 0.15) is 18.1 Å². The molecule has 4 aromatic rings. The van der Waals surface area contributed by atoms with Gasteiger partial charge in [-0.2, -0.15) is 9.78 Å². The maximum Gasteiger partial charge on any atom is 0.344 e. The molecule has 0 aliphatic heterocycles. The lowest BCUT2D eigenvalue weighted by atomic mass is 10.1. The molecular weight excluding hydrogens is 458 g/mol. The second-order valence-electron chi connectivity index (χ2n) is 7.98. The zero-order valence-electron chi connectivity index (χ0n) is 19.9. The van der Waals surface area contributed by atoms with E-state index in [1.807, 2.05) is 36.4 Å². The normalized spacial score (nSPS) is 11.9. The van der Waals surface area contributed by atoms with Gasteiger partial charge in [-0.05, 0) is 43.2 Å². The fourth-order valence-corrected chi connectivity index (χ4v) is 3.71. The lowest BCUT2D eigenvalue weighted by Gasteiger charge is -2.18. The van der Waals surface area contributed by atoms with E-state index in [4.69, 9.17) is 14.5 Å². The first-order chi connectivity index (χ1) is 17.4. The van der Waals surface area contributed by atoms with Gasteiger partial charge in [0.15, 0.2) is 23.4 Å². The van der Waals surface area contributed by atoms with E-state index in [-0.39, 0.29) is 5.56 Å². The van der Waals surface area contributed by atoms with Gasteiger partial charge in [0, 0.05) is 11.1 Å². The van der Waals surface area contributed by atoms with Crippen molar-refractivity contribution in [2.24, 2.45) is 5.10 Å². The van der Waals surface area contributed by atoms with E-state index in [1.165, 1.54) is 24.9 Å². The van der Waals surface area contributed by atoms with E-state index in [1.54, 1.807) is 36.4 Å². The van der Waals surface area contributed by atoms with Crippen molar-refractivity contribution in [2.45, 2.75) is 19.4 Å². The van der Waals surface area contributed by atoms with Gasteiger partial charge in [0.1, 0.15) is 0 Å². The summed E-state index contributed by atoms with van der Waals surface area (Å²) in [7, 11) is 1.47. The number of carbonyl (C=O) groups is 1. The molecule has 0 spiro atoms. The Morgan fingerprint density at radius 3 is 2.58 bits per heavy atom. The van der Waals surface area contributed by atoms with Crippen LogP contribution in [0.25, 0.3) is 22.3 Å². The summed E-state index contributed by atoms with van der Waals surface area (Å²) in [5, 5.41) is 14.2. The van der Waals surface area contributed by atoms with Crippen LogP contribution in [0.2, 0.25) is 0 Å². The molecule has 182 valence electrons. The molecule has 0 saturated carbocycles. The molecule has 0 bridgehead atoms. The topological polar surface area (TPSA) is 103 Å². The Balaban J connectivity index is 1.85. The quantitative estimate of drug-likeness (QED) is 0.277. The predicted octanol–water partition coefficient (Wildman–Crippen LogP) is 4.53. The summed E-state index contributed by atoms with van der Waals surface area (Å²) >= 11 is 0. The van der Waals surface area contributed by atoms with Gasteiger partial charge in [-0.25, -0.2) is 9.78 Å².